The maximum atomic E-state index is 12.9. The Hall–Kier alpha value is -2.92. The molecule has 11 heteroatoms. The van der Waals surface area contributed by atoms with E-state index in [-0.39, 0.29) is 24.4 Å². The van der Waals surface area contributed by atoms with Crippen LogP contribution in [-0.2, 0) is 18.9 Å². The third-order valence-corrected chi connectivity index (χ3v) is 4.34. The molecule has 0 saturated heterocycles. The number of carbonyl (C=O) groups is 3. The van der Waals surface area contributed by atoms with Crippen molar-refractivity contribution in [3.05, 3.63) is 27.7 Å². The molecule has 0 aliphatic rings. The normalized spacial score (nSPS) is 12.1. The van der Waals surface area contributed by atoms with Crippen LogP contribution in [0.5, 0.6) is 5.75 Å². The summed E-state index contributed by atoms with van der Waals surface area (Å²) in [6, 6.07) is 0. The fraction of sp³-hybridized carbons (Fsp3) is 0.619. The second-order valence-corrected chi connectivity index (χ2v) is 7.75. The van der Waals surface area contributed by atoms with Crippen LogP contribution in [0.3, 0.4) is 0 Å². The number of ketones is 1. The molecule has 0 radical (unpaired) electrons. The van der Waals surface area contributed by atoms with Crippen molar-refractivity contribution in [2.24, 2.45) is 5.41 Å². The Morgan fingerprint density at radius 3 is 2.34 bits per heavy atom. The van der Waals surface area contributed by atoms with Gasteiger partial charge in [-0.1, -0.05) is 13.8 Å². The molecule has 1 heterocycles. The van der Waals surface area contributed by atoms with Crippen LogP contribution in [-0.4, -0.2) is 63.2 Å². The van der Waals surface area contributed by atoms with E-state index in [4.69, 9.17) is 23.7 Å². The highest BCUT2D eigenvalue weighted by molar-refractivity contribution is 5.98. The van der Waals surface area contributed by atoms with Gasteiger partial charge < -0.3 is 33.6 Å². The van der Waals surface area contributed by atoms with Crippen LogP contribution in [0.25, 0.3) is 0 Å². The van der Waals surface area contributed by atoms with E-state index in [1.807, 2.05) is 13.8 Å². The van der Waals surface area contributed by atoms with Gasteiger partial charge in [0.15, 0.2) is 11.5 Å². The van der Waals surface area contributed by atoms with E-state index >= 15 is 0 Å². The van der Waals surface area contributed by atoms with Crippen molar-refractivity contribution in [3.63, 3.8) is 0 Å². The van der Waals surface area contributed by atoms with Gasteiger partial charge in [-0.3, -0.25) is 14.4 Å². The minimum Gasteiger partial charge on any atom is -0.451 e. The van der Waals surface area contributed by atoms with Gasteiger partial charge in [0.1, 0.15) is 24.1 Å². The van der Waals surface area contributed by atoms with E-state index in [1.165, 1.54) is 31.9 Å². The van der Waals surface area contributed by atoms with Crippen molar-refractivity contribution in [3.8, 4) is 5.75 Å². The Morgan fingerprint density at radius 2 is 1.81 bits per heavy atom. The molecular weight excluding hydrogens is 424 g/mol. The molecule has 0 fully saturated rings. The summed E-state index contributed by atoms with van der Waals surface area (Å²) in [5.74, 6) is -1.58. The fourth-order valence-electron chi connectivity index (χ4n) is 2.77. The molecule has 1 N–H and O–H groups in total. The number of methoxy groups -OCH3 is 2. The van der Waals surface area contributed by atoms with Crippen molar-refractivity contribution >= 4 is 17.8 Å². The Morgan fingerprint density at radius 1 is 1.16 bits per heavy atom. The molecule has 11 nitrogen and oxygen atoms in total. The smallest absolute Gasteiger partial charge is 0.451 e. The van der Waals surface area contributed by atoms with E-state index in [2.05, 4.69) is 5.32 Å². The van der Waals surface area contributed by atoms with Crippen LogP contribution >= 0.6 is 0 Å². The minimum atomic E-state index is -1.02. The first-order chi connectivity index (χ1) is 15.0. The molecule has 1 aromatic heterocycles. The maximum absolute atomic E-state index is 12.9. The van der Waals surface area contributed by atoms with Gasteiger partial charge in [0.2, 0.25) is 12.2 Å². The monoisotopic (exact) mass is 456 g/mol. The van der Waals surface area contributed by atoms with E-state index in [9.17, 15) is 19.2 Å². The molecule has 1 aromatic rings. The van der Waals surface area contributed by atoms with Crippen molar-refractivity contribution < 1.29 is 38.1 Å². The van der Waals surface area contributed by atoms with Gasteiger partial charge in [-0.05, 0) is 13.8 Å². The first kappa shape index (κ1) is 27.1. The Kier molecular flexibility index (Phi) is 10.3. The molecule has 0 bridgehead atoms. The molecule has 1 amide bonds. The van der Waals surface area contributed by atoms with Crippen molar-refractivity contribution in [1.82, 2.24) is 9.88 Å². The first-order valence-corrected chi connectivity index (χ1v) is 10.0. The van der Waals surface area contributed by atoms with E-state index < -0.39 is 47.5 Å². The zero-order valence-corrected chi connectivity index (χ0v) is 19.6. The number of hydrogen-bond acceptors (Lipinski definition) is 9. The summed E-state index contributed by atoms with van der Waals surface area (Å²) in [5, 5.41) is 2.53. The van der Waals surface area contributed by atoms with Crippen LogP contribution in [0.1, 0.15) is 61.7 Å². The van der Waals surface area contributed by atoms with E-state index in [0.717, 1.165) is 0 Å². The third-order valence-electron chi connectivity index (χ3n) is 4.34. The Balaban J connectivity index is 3.15. The summed E-state index contributed by atoms with van der Waals surface area (Å²) in [7, 11) is 2.94. The van der Waals surface area contributed by atoms with Crippen molar-refractivity contribution in [1.29, 1.82) is 0 Å². The lowest BCUT2D eigenvalue weighted by atomic mass is 9.96. The first-order valence-electron chi connectivity index (χ1n) is 10.0. The number of amides is 1. The summed E-state index contributed by atoms with van der Waals surface area (Å²) < 4.78 is 26.8. The highest BCUT2D eigenvalue weighted by atomic mass is 16.8. The number of aromatic nitrogens is 1. The number of nitrogens with one attached hydrogen (secondary N) is 1. The van der Waals surface area contributed by atoms with Crippen LogP contribution < -0.4 is 15.5 Å². The average Bonchev–Trinajstić information content (AvgIpc) is 2.72. The van der Waals surface area contributed by atoms with Crippen LogP contribution in [0.2, 0.25) is 0 Å². The zero-order chi connectivity index (χ0) is 24.5. The number of hydrogen-bond donors (Lipinski definition) is 1. The number of nitrogens with zero attached hydrogens (tertiary/aromatic N) is 1. The largest absolute Gasteiger partial charge is 0.511 e. The Bertz CT molecular complexity index is 877. The molecule has 0 aromatic carbocycles. The number of pyridine rings is 1. The predicted octanol–water partition coefficient (Wildman–Crippen LogP) is 2.13. The van der Waals surface area contributed by atoms with E-state index in [0.29, 0.717) is 6.61 Å². The summed E-state index contributed by atoms with van der Waals surface area (Å²) in [6.45, 7) is 8.21. The van der Waals surface area contributed by atoms with Crippen LogP contribution in [0.4, 0.5) is 4.79 Å². The third kappa shape index (κ3) is 7.34. The zero-order valence-electron chi connectivity index (χ0n) is 19.6. The van der Waals surface area contributed by atoms with Gasteiger partial charge in [0, 0.05) is 39.3 Å². The molecule has 180 valence electrons. The second-order valence-electron chi connectivity index (χ2n) is 7.75. The highest BCUT2D eigenvalue weighted by Crippen LogP contribution is 2.21. The fourth-order valence-corrected chi connectivity index (χ4v) is 2.77. The summed E-state index contributed by atoms with van der Waals surface area (Å²) in [4.78, 5) is 49.4. The topological polar surface area (TPSA) is 131 Å². The lowest BCUT2D eigenvalue weighted by Gasteiger charge is -2.23. The molecular formula is C21H32N2O9. The molecule has 0 spiro atoms. The van der Waals surface area contributed by atoms with Gasteiger partial charge in [-0.2, -0.15) is 0 Å². The van der Waals surface area contributed by atoms with Crippen LogP contribution in [0.15, 0.2) is 11.0 Å². The van der Waals surface area contributed by atoms with Gasteiger partial charge in [-0.25, -0.2) is 4.79 Å². The summed E-state index contributed by atoms with van der Waals surface area (Å²) in [6.07, 6.45) is -0.485. The Labute approximate surface area is 186 Å². The number of Topliss-reactive ketones (excluding diaryl/α,β-unsaturated/α-hetero) is 1. The number of carbonyl (C=O) groups excluding carboxylic acids is 3. The minimum absolute atomic E-state index is 0.0310. The van der Waals surface area contributed by atoms with Gasteiger partial charge in [0.25, 0.3) is 5.91 Å². The molecule has 1 unspecified atom stereocenters. The lowest BCUT2D eigenvalue weighted by Crippen LogP contribution is -2.33. The van der Waals surface area contributed by atoms with Crippen LogP contribution in [0, 0.1) is 5.41 Å². The highest BCUT2D eigenvalue weighted by Gasteiger charge is 2.26. The number of rotatable bonds is 12. The molecule has 32 heavy (non-hydrogen) atoms. The standard InChI is InChI=1S/C21H32N2O9/c1-8-22-19(26)15-9-23(14(3)29-7)16(13(2)24)18(17(15)25)31-12-32-20(27)30-11-21(4,5)10-28-6/h9,14H,8,10-12H2,1-7H3,(H,22,26). The lowest BCUT2D eigenvalue weighted by molar-refractivity contribution is -0.0225. The summed E-state index contributed by atoms with van der Waals surface area (Å²) >= 11 is 0. The molecule has 0 aliphatic carbocycles. The molecule has 1 rings (SSSR count). The van der Waals surface area contributed by atoms with Crippen molar-refractivity contribution in [2.45, 2.75) is 40.8 Å². The van der Waals surface area contributed by atoms with E-state index in [1.54, 1.807) is 13.8 Å². The summed E-state index contributed by atoms with van der Waals surface area (Å²) in [5.41, 5.74) is -1.63. The van der Waals surface area contributed by atoms with Gasteiger partial charge >= 0.3 is 6.16 Å². The maximum Gasteiger partial charge on any atom is 0.511 e. The number of ether oxygens (including phenoxy) is 5. The van der Waals surface area contributed by atoms with Crippen molar-refractivity contribution in [2.75, 3.05) is 40.8 Å². The molecule has 1 atom stereocenters. The molecule has 0 saturated carbocycles. The van der Waals surface area contributed by atoms with Gasteiger partial charge in [-0.15, -0.1) is 0 Å². The SMILES string of the molecule is CCNC(=O)c1cn(C(C)OC)c(C(C)=O)c(OCOC(=O)OCC(C)(C)COC)c1=O. The second kappa shape index (κ2) is 12.2. The average molecular weight is 456 g/mol. The quantitative estimate of drug-likeness (QED) is 0.285. The molecule has 0 aliphatic heterocycles. The predicted molar refractivity (Wildman–Crippen MR) is 114 cm³/mol. The van der Waals surface area contributed by atoms with Gasteiger partial charge in [0.05, 0.1) is 6.61 Å².